The maximum Gasteiger partial charge on any atom is 0.244 e. The normalized spacial score (nSPS) is 17.0. The smallest absolute Gasteiger partial charge is 0.244 e. The molecule has 1 aliphatic heterocycles. The highest BCUT2D eigenvalue weighted by Gasteiger charge is 2.30. The number of carbonyl (C=O) groups excluding carboxylic acids is 1. The zero-order chi connectivity index (χ0) is 15.8. The molecule has 7 heteroatoms. The summed E-state index contributed by atoms with van der Waals surface area (Å²) in [4.78, 5) is 13.3. The Kier molecular flexibility index (Phi) is 4.75. The molecular weight excluding hydrogens is 356 g/mol. The molecule has 1 fully saturated rings. The van der Waals surface area contributed by atoms with E-state index in [0.717, 1.165) is 11.1 Å². The fourth-order valence-electron chi connectivity index (χ4n) is 2.33. The lowest BCUT2D eigenvalue weighted by Gasteiger charge is -2.33. The highest BCUT2D eigenvalue weighted by atomic mass is 79.9. The first-order valence-corrected chi connectivity index (χ1v) is 8.99. The van der Waals surface area contributed by atoms with Crippen LogP contribution in [0.15, 0.2) is 21.5 Å². The number of nitrogens with zero attached hydrogens (tertiary/aromatic N) is 2. The molecule has 5 nitrogen and oxygen atoms in total. The van der Waals surface area contributed by atoms with Gasteiger partial charge in [-0.25, -0.2) is 8.42 Å². The fraction of sp³-hybridized carbons (Fsp3) is 0.500. The zero-order valence-corrected chi connectivity index (χ0v) is 14.8. The second-order valence-electron chi connectivity index (χ2n) is 5.28. The van der Waals surface area contributed by atoms with Crippen LogP contribution in [0.5, 0.6) is 0 Å². The third-order valence-corrected chi connectivity index (χ3v) is 6.71. The Bertz CT molecular complexity index is 665. The van der Waals surface area contributed by atoms with Crippen molar-refractivity contribution in [2.45, 2.75) is 25.7 Å². The lowest BCUT2D eigenvalue weighted by Crippen LogP contribution is -2.50. The molecule has 0 spiro atoms. The van der Waals surface area contributed by atoms with Gasteiger partial charge in [-0.15, -0.1) is 0 Å². The van der Waals surface area contributed by atoms with Crippen LogP contribution in [0.25, 0.3) is 0 Å². The van der Waals surface area contributed by atoms with E-state index in [0.29, 0.717) is 35.5 Å². The molecule has 116 valence electrons. The first-order valence-electron chi connectivity index (χ1n) is 6.76. The molecule has 2 rings (SSSR count). The van der Waals surface area contributed by atoms with Crippen LogP contribution in [-0.2, 0) is 14.8 Å². The highest BCUT2D eigenvalue weighted by Crippen LogP contribution is 2.28. The predicted octanol–water partition coefficient (Wildman–Crippen LogP) is 1.92. The van der Waals surface area contributed by atoms with E-state index in [2.05, 4.69) is 15.9 Å². The van der Waals surface area contributed by atoms with Crippen LogP contribution in [0.2, 0.25) is 0 Å². The van der Waals surface area contributed by atoms with E-state index in [9.17, 15) is 13.2 Å². The molecule has 0 aliphatic carbocycles. The average molecular weight is 375 g/mol. The number of aryl methyl sites for hydroxylation is 2. The Hall–Kier alpha value is -0.920. The van der Waals surface area contributed by atoms with Crippen LogP contribution in [0.4, 0.5) is 0 Å². The topological polar surface area (TPSA) is 57.7 Å². The van der Waals surface area contributed by atoms with Gasteiger partial charge in [0.1, 0.15) is 0 Å². The fourth-order valence-corrected chi connectivity index (χ4v) is 4.96. The predicted molar refractivity (Wildman–Crippen MR) is 84.6 cm³/mol. The van der Waals surface area contributed by atoms with Crippen LogP contribution in [0, 0.1) is 13.8 Å². The van der Waals surface area contributed by atoms with Crippen molar-refractivity contribution in [3.05, 3.63) is 27.7 Å². The summed E-state index contributed by atoms with van der Waals surface area (Å²) < 4.78 is 27.5. The number of hydrogen-bond acceptors (Lipinski definition) is 3. The number of carbonyl (C=O) groups is 1. The van der Waals surface area contributed by atoms with Crippen LogP contribution in [0.1, 0.15) is 18.1 Å². The molecule has 0 radical (unpaired) electrons. The number of amides is 1. The summed E-state index contributed by atoms with van der Waals surface area (Å²) >= 11 is 3.35. The van der Waals surface area contributed by atoms with E-state index in [1.54, 1.807) is 11.0 Å². The Morgan fingerprint density at radius 1 is 1.10 bits per heavy atom. The molecule has 0 unspecified atom stereocenters. The Morgan fingerprint density at radius 3 is 2.14 bits per heavy atom. The molecule has 0 atom stereocenters. The van der Waals surface area contributed by atoms with Crippen molar-refractivity contribution in [1.82, 2.24) is 9.21 Å². The molecule has 0 bridgehead atoms. The molecule has 1 saturated heterocycles. The van der Waals surface area contributed by atoms with Gasteiger partial charge in [-0.1, -0.05) is 0 Å². The minimum Gasteiger partial charge on any atom is -0.340 e. The number of sulfonamides is 1. The van der Waals surface area contributed by atoms with Crippen molar-refractivity contribution < 1.29 is 13.2 Å². The second-order valence-corrected chi connectivity index (χ2v) is 8.04. The second kappa shape index (κ2) is 6.06. The maximum atomic E-state index is 12.7. The van der Waals surface area contributed by atoms with Crippen molar-refractivity contribution in [1.29, 1.82) is 0 Å². The molecule has 0 saturated carbocycles. The number of halogens is 1. The lowest BCUT2D eigenvalue weighted by atomic mass is 10.1. The lowest BCUT2D eigenvalue weighted by molar-refractivity contribution is -0.129. The van der Waals surface area contributed by atoms with Crippen molar-refractivity contribution >= 4 is 31.9 Å². The third kappa shape index (κ3) is 3.30. The molecule has 0 N–H and O–H groups in total. The van der Waals surface area contributed by atoms with E-state index >= 15 is 0 Å². The van der Waals surface area contributed by atoms with E-state index in [1.165, 1.54) is 11.2 Å². The van der Waals surface area contributed by atoms with Gasteiger partial charge in [0.05, 0.1) is 4.90 Å². The third-order valence-electron chi connectivity index (χ3n) is 3.85. The summed E-state index contributed by atoms with van der Waals surface area (Å²) in [5, 5.41) is 0. The van der Waals surface area contributed by atoms with Crippen molar-refractivity contribution in [3.8, 4) is 0 Å². The van der Waals surface area contributed by atoms with Gasteiger partial charge in [0, 0.05) is 37.6 Å². The molecule has 0 aromatic heterocycles. The van der Waals surface area contributed by atoms with Gasteiger partial charge >= 0.3 is 0 Å². The van der Waals surface area contributed by atoms with Gasteiger partial charge in [-0.3, -0.25) is 4.79 Å². The minimum absolute atomic E-state index is 0.0144. The number of benzene rings is 1. The summed E-state index contributed by atoms with van der Waals surface area (Å²) in [5.41, 5.74) is 1.99. The van der Waals surface area contributed by atoms with Crippen LogP contribution >= 0.6 is 15.9 Å². The van der Waals surface area contributed by atoms with Gasteiger partial charge in [-0.05, 0) is 53.0 Å². The summed E-state index contributed by atoms with van der Waals surface area (Å²) in [6, 6.07) is 3.53. The summed E-state index contributed by atoms with van der Waals surface area (Å²) in [7, 11) is -3.53. The zero-order valence-electron chi connectivity index (χ0n) is 12.4. The quantitative estimate of drug-likeness (QED) is 0.794. The Balaban J connectivity index is 2.28. The maximum absolute atomic E-state index is 12.7. The Labute approximate surface area is 134 Å². The SMILES string of the molecule is CC(=O)N1CCN(S(=O)(=O)c2cc(C)c(C)cc2Br)CC1. The first-order chi connectivity index (χ1) is 9.73. The largest absolute Gasteiger partial charge is 0.340 e. The molecule has 1 aromatic carbocycles. The van der Waals surface area contributed by atoms with Gasteiger partial charge in [-0.2, -0.15) is 4.31 Å². The summed E-state index contributed by atoms with van der Waals surface area (Å²) in [5.74, 6) is -0.0144. The van der Waals surface area contributed by atoms with E-state index in [4.69, 9.17) is 0 Å². The van der Waals surface area contributed by atoms with Crippen molar-refractivity contribution in [2.24, 2.45) is 0 Å². The van der Waals surface area contributed by atoms with Crippen molar-refractivity contribution in [2.75, 3.05) is 26.2 Å². The molecule has 1 amide bonds. The summed E-state index contributed by atoms with van der Waals surface area (Å²) in [6.45, 7) is 6.90. The van der Waals surface area contributed by atoms with Gasteiger partial charge in [0.25, 0.3) is 0 Å². The standard InChI is InChI=1S/C14H19BrN2O3S/c1-10-8-13(15)14(9-11(10)2)21(19,20)17-6-4-16(5-7-17)12(3)18/h8-9H,4-7H2,1-3H3. The monoisotopic (exact) mass is 374 g/mol. The highest BCUT2D eigenvalue weighted by molar-refractivity contribution is 9.10. The molecule has 1 heterocycles. The van der Waals surface area contributed by atoms with Crippen LogP contribution in [-0.4, -0.2) is 49.7 Å². The van der Waals surface area contributed by atoms with Gasteiger partial charge in [0.2, 0.25) is 15.9 Å². The van der Waals surface area contributed by atoms with Gasteiger partial charge < -0.3 is 4.90 Å². The van der Waals surface area contributed by atoms with Crippen LogP contribution in [0.3, 0.4) is 0 Å². The summed E-state index contributed by atoms with van der Waals surface area (Å²) in [6.07, 6.45) is 0. The molecular formula is C14H19BrN2O3S. The van der Waals surface area contributed by atoms with Crippen molar-refractivity contribution in [3.63, 3.8) is 0 Å². The Morgan fingerprint density at radius 2 is 1.62 bits per heavy atom. The molecule has 1 aliphatic rings. The van der Waals surface area contributed by atoms with E-state index in [1.807, 2.05) is 19.9 Å². The van der Waals surface area contributed by atoms with Gasteiger partial charge in [0.15, 0.2) is 0 Å². The number of piperazine rings is 1. The van der Waals surface area contributed by atoms with Crippen LogP contribution < -0.4 is 0 Å². The molecule has 1 aromatic rings. The minimum atomic E-state index is -3.53. The average Bonchev–Trinajstić information content (AvgIpc) is 2.42. The van der Waals surface area contributed by atoms with E-state index < -0.39 is 10.0 Å². The number of hydrogen-bond donors (Lipinski definition) is 0. The number of rotatable bonds is 2. The molecule has 21 heavy (non-hydrogen) atoms. The first kappa shape index (κ1) is 16.5. The van der Waals surface area contributed by atoms with E-state index in [-0.39, 0.29) is 5.91 Å².